The Hall–Kier alpha value is -1.00. The van der Waals surface area contributed by atoms with E-state index in [1.54, 1.807) is 11.8 Å². The van der Waals surface area contributed by atoms with E-state index in [0.717, 1.165) is 30.8 Å². The van der Waals surface area contributed by atoms with Gasteiger partial charge in [-0.2, -0.15) is 0 Å². The van der Waals surface area contributed by atoms with Crippen molar-refractivity contribution >= 4 is 23.4 Å². The van der Waals surface area contributed by atoms with E-state index in [1.807, 2.05) is 36.1 Å². The Morgan fingerprint density at radius 1 is 1.40 bits per heavy atom. The van der Waals surface area contributed by atoms with Crippen molar-refractivity contribution in [1.29, 1.82) is 0 Å². The molecule has 1 heterocycles. The van der Waals surface area contributed by atoms with Gasteiger partial charge < -0.3 is 10.0 Å². The Balaban J connectivity index is 2.01. The Kier molecular flexibility index (Phi) is 5.49. The van der Waals surface area contributed by atoms with Crippen molar-refractivity contribution in [1.82, 2.24) is 0 Å². The van der Waals surface area contributed by atoms with E-state index in [0.29, 0.717) is 0 Å². The van der Waals surface area contributed by atoms with Gasteiger partial charge in [0.25, 0.3) is 0 Å². The van der Waals surface area contributed by atoms with E-state index in [1.165, 1.54) is 5.56 Å². The molecule has 4 heteroatoms. The van der Waals surface area contributed by atoms with Gasteiger partial charge in [0.05, 0.1) is 5.25 Å². The summed E-state index contributed by atoms with van der Waals surface area (Å²) in [5, 5.41) is 9.12. The summed E-state index contributed by atoms with van der Waals surface area (Å²) in [6.07, 6.45) is 1.99. The topological polar surface area (TPSA) is 40.5 Å². The molecule has 0 bridgehead atoms. The number of amides is 1. The molecule has 0 aromatic heterocycles. The number of piperidine rings is 1. The van der Waals surface area contributed by atoms with Crippen LogP contribution in [0, 0.1) is 12.8 Å². The Morgan fingerprint density at radius 2 is 2.10 bits per heavy atom. The minimum atomic E-state index is 0.0408. The molecule has 2 rings (SSSR count). The van der Waals surface area contributed by atoms with Gasteiger partial charge >= 0.3 is 0 Å². The predicted molar refractivity (Wildman–Crippen MR) is 85.3 cm³/mol. The van der Waals surface area contributed by atoms with Gasteiger partial charge in [0, 0.05) is 18.8 Å². The molecule has 20 heavy (non-hydrogen) atoms. The third kappa shape index (κ3) is 3.76. The Labute approximate surface area is 125 Å². The second-order valence-corrected chi connectivity index (χ2v) is 6.81. The molecule has 1 aromatic rings. The lowest BCUT2D eigenvalue weighted by atomic mass is 10.1. The van der Waals surface area contributed by atoms with Crippen molar-refractivity contribution < 1.29 is 9.90 Å². The molecule has 3 nitrogen and oxygen atoms in total. The number of carbonyl (C=O) groups is 1. The quantitative estimate of drug-likeness (QED) is 0.907. The summed E-state index contributed by atoms with van der Waals surface area (Å²) in [4.78, 5) is 14.5. The van der Waals surface area contributed by atoms with E-state index in [-0.39, 0.29) is 23.7 Å². The molecule has 0 radical (unpaired) electrons. The van der Waals surface area contributed by atoms with Gasteiger partial charge in [-0.3, -0.25) is 4.79 Å². The van der Waals surface area contributed by atoms with Gasteiger partial charge in [0.15, 0.2) is 0 Å². The molecule has 1 aliphatic heterocycles. The number of aryl methyl sites for hydroxylation is 1. The predicted octanol–water partition coefficient (Wildman–Crippen LogP) is 2.85. The maximum Gasteiger partial charge on any atom is 0.240 e. The Morgan fingerprint density at radius 3 is 2.75 bits per heavy atom. The van der Waals surface area contributed by atoms with Crippen LogP contribution in [-0.4, -0.2) is 35.2 Å². The van der Waals surface area contributed by atoms with E-state index >= 15 is 0 Å². The minimum absolute atomic E-state index is 0.0408. The molecule has 2 atom stereocenters. The second kappa shape index (κ2) is 7.14. The van der Waals surface area contributed by atoms with Crippen LogP contribution < -0.4 is 4.90 Å². The fraction of sp³-hybridized carbons (Fsp3) is 0.562. The molecular formula is C16H23NO2S. The zero-order chi connectivity index (χ0) is 14.5. The monoisotopic (exact) mass is 293 g/mol. The Bertz CT molecular complexity index is 446. The second-order valence-electron chi connectivity index (χ2n) is 5.58. The molecule has 1 saturated heterocycles. The third-order valence-corrected chi connectivity index (χ3v) is 5.23. The first kappa shape index (κ1) is 15.4. The van der Waals surface area contributed by atoms with E-state index in [4.69, 9.17) is 5.11 Å². The highest BCUT2D eigenvalue weighted by molar-refractivity contribution is 8.00. The summed E-state index contributed by atoms with van der Waals surface area (Å²) in [5.74, 6) is 1.31. The van der Waals surface area contributed by atoms with Crippen LogP contribution in [0.2, 0.25) is 0 Å². The van der Waals surface area contributed by atoms with Gasteiger partial charge in [0.1, 0.15) is 0 Å². The first-order valence-corrected chi connectivity index (χ1v) is 8.27. The summed E-state index contributed by atoms with van der Waals surface area (Å²) in [5.41, 5.74) is 2.21. The average molecular weight is 293 g/mol. The van der Waals surface area contributed by atoms with Crippen molar-refractivity contribution in [2.75, 3.05) is 23.8 Å². The molecule has 1 N–H and O–H groups in total. The van der Waals surface area contributed by atoms with Gasteiger partial charge in [-0.05, 0) is 43.6 Å². The van der Waals surface area contributed by atoms with Crippen LogP contribution in [0.4, 0.5) is 5.69 Å². The summed E-state index contributed by atoms with van der Waals surface area (Å²) in [6, 6.07) is 8.15. The maximum atomic E-state index is 12.6. The van der Waals surface area contributed by atoms with Crippen molar-refractivity contribution in [2.24, 2.45) is 5.92 Å². The fourth-order valence-corrected chi connectivity index (χ4v) is 3.58. The van der Waals surface area contributed by atoms with Crippen molar-refractivity contribution in [3.05, 3.63) is 29.8 Å². The van der Waals surface area contributed by atoms with Crippen molar-refractivity contribution in [3.63, 3.8) is 0 Å². The lowest BCUT2D eigenvalue weighted by molar-refractivity contribution is -0.119. The number of hydrogen-bond acceptors (Lipinski definition) is 3. The molecular weight excluding hydrogens is 270 g/mol. The molecule has 1 aliphatic rings. The maximum absolute atomic E-state index is 12.6. The zero-order valence-corrected chi connectivity index (χ0v) is 13.0. The van der Waals surface area contributed by atoms with Gasteiger partial charge in [-0.15, -0.1) is 11.8 Å². The molecule has 1 aromatic carbocycles. The zero-order valence-electron chi connectivity index (χ0n) is 12.2. The first-order valence-electron chi connectivity index (χ1n) is 7.22. The number of hydrogen-bond donors (Lipinski definition) is 1. The highest BCUT2D eigenvalue weighted by Crippen LogP contribution is 2.28. The summed E-state index contributed by atoms with van der Waals surface area (Å²) in [7, 11) is 0. The van der Waals surface area contributed by atoms with Crippen LogP contribution in [-0.2, 0) is 4.79 Å². The summed E-state index contributed by atoms with van der Waals surface area (Å²) < 4.78 is 0. The van der Waals surface area contributed by atoms with Gasteiger partial charge in [0.2, 0.25) is 5.91 Å². The van der Waals surface area contributed by atoms with Crippen molar-refractivity contribution in [2.45, 2.75) is 31.9 Å². The molecule has 0 spiro atoms. The largest absolute Gasteiger partial charge is 0.396 e. The third-order valence-electron chi connectivity index (χ3n) is 3.63. The highest BCUT2D eigenvalue weighted by Gasteiger charge is 2.30. The molecule has 0 saturated carbocycles. The van der Waals surface area contributed by atoms with E-state index in [9.17, 15) is 4.79 Å². The normalized spacial score (nSPS) is 21.1. The summed E-state index contributed by atoms with van der Waals surface area (Å²) >= 11 is 1.69. The number of aliphatic hydroxyl groups excluding tert-OH is 1. The molecule has 1 amide bonds. The standard InChI is InChI=1S/C16H23NO2S/c1-12-5-7-14(8-6-12)17-9-3-4-15(16(17)19)20-11-13(2)10-18/h5-8,13,15,18H,3-4,9-11H2,1-2H3. The number of thioether (sulfide) groups is 1. The molecule has 2 unspecified atom stereocenters. The van der Waals surface area contributed by atoms with Crippen LogP contribution >= 0.6 is 11.8 Å². The van der Waals surface area contributed by atoms with Crippen LogP contribution in [0.3, 0.4) is 0 Å². The lowest BCUT2D eigenvalue weighted by Gasteiger charge is -2.32. The number of anilines is 1. The average Bonchev–Trinajstić information content (AvgIpc) is 2.47. The number of benzene rings is 1. The number of nitrogens with zero attached hydrogens (tertiary/aromatic N) is 1. The van der Waals surface area contributed by atoms with Crippen LogP contribution in [0.1, 0.15) is 25.3 Å². The fourth-order valence-electron chi connectivity index (χ4n) is 2.31. The lowest BCUT2D eigenvalue weighted by Crippen LogP contribution is -2.43. The minimum Gasteiger partial charge on any atom is -0.396 e. The van der Waals surface area contributed by atoms with Gasteiger partial charge in [-0.25, -0.2) is 0 Å². The van der Waals surface area contributed by atoms with Crippen molar-refractivity contribution in [3.8, 4) is 0 Å². The summed E-state index contributed by atoms with van der Waals surface area (Å²) in [6.45, 7) is 5.07. The van der Waals surface area contributed by atoms with E-state index < -0.39 is 0 Å². The highest BCUT2D eigenvalue weighted by atomic mass is 32.2. The molecule has 110 valence electrons. The number of aliphatic hydroxyl groups is 1. The van der Waals surface area contributed by atoms with Gasteiger partial charge in [-0.1, -0.05) is 24.6 Å². The smallest absolute Gasteiger partial charge is 0.240 e. The number of carbonyl (C=O) groups excluding carboxylic acids is 1. The first-order chi connectivity index (χ1) is 9.61. The SMILES string of the molecule is Cc1ccc(N2CCCC(SCC(C)CO)C2=O)cc1. The number of rotatable bonds is 5. The van der Waals surface area contributed by atoms with E-state index in [2.05, 4.69) is 6.92 Å². The van der Waals surface area contributed by atoms with Crippen LogP contribution in [0.5, 0.6) is 0 Å². The van der Waals surface area contributed by atoms with Crippen LogP contribution in [0.25, 0.3) is 0 Å². The molecule has 0 aliphatic carbocycles. The van der Waals surface area contributed by atoms with Crippen LogP contribution in [0.15, 0.2) is 24.3 Å². The molecule has 1 fully saturated rings.